The van der Waals surface area contributed by atoms with E-state index in [1.165, 1.54) is 18.2 Å². The van der Waals surface area contributed by atoms with Gasteiger partial charge in [0.25, 0.3) is 5.91 Å². The number of fused-ring (bicyclic) bond motifs is 1. The second kappa shape index (κ2) is 6.99. The van der Waals surface area contributed by atoms with Crippen molar-refractivity contribution in [2.45, 2.75) is 6.42 Å². The van der Waals surface area contributed by atoms with Gasteiger partial charge in [0.15, 0.2) is 11.5 Å². The zero-order chi connectivity index (χ0) is 19.9. The lowest BCUT2D eigenvalue weighted by molar-refractivity contribution is -0.116. The van der Waals surface area contributed by atoms with Crippen LogP contribution >= 0.6 is 11.6 Å². The third-order valence-electron chi connectivity index (χ3n) is 4.31. The van der Waals surface area contributed by atoms with Gasteiger partial charge in [-0.25, -0.2) is 12.7 Å². The van der Waals surface area contributed by atoms with E-state index in [0.717, 1.165) is 4.31 Å². The lowest BCUT2D eigenvalue weighted by Crippen LogP contribution is -2.29. The normalized spacial score (nSPS) is 17.5. The Morgan fingerprint density at radius 3 is 2.50 bits per heavy atom. The number of sulfonamides is 1. The van der Waals surface area contributed by atoms with E-state index < -0.39 is 21.8 Å². The molecular formula is C18H15ClN2O6S. The highest BCUT2D eigenvalue weighted by atomic mass is 35.5. The number of anilines is 2. The zero-order valence-electron chi connectivity index (χ0n) is 14.5. The maximum Gasteiger partial charge on any atom is 0.257 e. The molecule has 2 aromatic rings. The van der Waals surface area contributed by atoms with Crippen molar-refractivity contribution in [1.29, 1.82) is 0 Å². The second-order valence-electron chi connectivity index (χ2n) is 6.20. The minimum Gasteiger partial charge on any atom is -0.486 e. The Morgan fingerprint density at radius 1 is 1.07 bits per heavy atom. The molecule has 0 aliphatic carbocycles. The molecule has 0 bridgehead atoms. The van der Waals surface area contributed by atoms with Crippen LogP contribution in [0.3, 0.4) is 0 Å². The number of carbonyl (C=O) groups excluding carboxylic acids is 2. The van der Waals surface area contributed by atoms with Crippen molar-refractivity contribution in [1.82, 2.24) is 0 Å². The first-order valence-electron chi connectivity index (χ1n) is 8.41. The van der Waals surface area contributed by atoms with Gasteiger partial charge in [-0.3, -0.25) is 9.59 Å². The Labute approximate surface area is 166 Å². The smallest absolute Gasteiger partial charge is 0.257 e. The molecule has 1 N–H and O–H groups in total. The van der Waals surface area contributed by atoms with Crippen molar-refractivity contribution in [3.05, 3.63) is 47.0 Å². The Balaban J connectivity index is 1.56. The highest BCUT2D eigenvalue weighted by Crippen LogP contribution is 2.33. The average molecular weight is 423 g/mol. The van der Waals surface area contributed by atoms with Gasteiger partial charge in [0.1, 0.15) is 13.2 Å². The van der Waals surface area contributed by atoms with Gasteiger partial charge in [0.05, 0.1) is 22.0 Å². The van der Waals surface area contributed by atoms with Crippen LogP contribution in [0.2, 0.25) is 5.02 Å². The summed E-state index contributed by atoms with van der Waals surface area (Å²) >= 11 is 6.19. The highest BCUT2D eigenvalue weighted by molar-refractivity contribution is 7.94. The number of rotatable bonds is 3. The van der Waals surface area contributed by atoms with Gasteiger partial charge in [-0.1, -0.05) is 11.6 Å². The molecule has 10 heteroatoms. The van der Waals surface area contributed by atoms with Crippen LogP contribution in [0.4, 0.5) is 11.4 Å². The third-order valence-corrected chi connectivity index (χ3v) is 6.31. The number of hydrogen-bond donors (Lipinski definition) is 1. The summed E-state index contributed by atoms with van der Waals surface area (Å²) in [6.07, 6.45) is -0.0771. The molecule has 1 fully saturated rings. The molecule has 2 aromatic carbocycles. The summed E-state index contributed by atoms with van der Waals surface area (Å²) in [6.45, 7) is 0.895. The lowest BCUT2D eigenvalue weighted by Gasteiger charge is -2.19. The Kier molecular flexibility index (Phi) is 4.64. The first-order chi connectivity index (χ1) is 13.3. The topological polar surface area (TPSA) is 102 Å². The van der Waals surface area contributed by atoms with Crippen LogP contribution in [-0.2, 0) is 14.8 Å². The maximum atomic E-state index is 12.6. The van der Waals surface area contributed by atoms with Crippen molar-refractivity contribution < 1.29 is 27.5 Å². The van der Waals surface area contributed by atoms with Gasteiger partial charge in [-0.05, 0) is 30.3 Å². The maximum absolute atomic E-state index is 12.6. The van der Waals surface area contributed by atoms with E-state index in [4.69, 9.17) is 21.1 Å². The number of amides is 2. The number of nitrogens with one attached hydrogen (secondary N) is 1. The Morgan fingerprint density at radius 2 is 1.82 bits per heavy atom. The van der Waals surface area contributed by atoms with Crippen LogP contribution in [0.5, 0.6) is 11.5 Å². The molecule has 4 rings (SSSR count). The van der Waals surface area contributed by atoms with E-state index in [1.807, 2.05) is 0 Å². The van der Waals surface area contributed by atoms with E-state index >= 15 is 0 Å². The molecule has 0 unspecified atom stereocenters. The number of hydrogen-bond acceptors (Lipinski definition) is 6. The molecule has 2 aliphatic heterocycles. The molecular weight excluding hydrogens is 408 g/mol. The van der Waals surface area contributed by atoms with Crippen LogP contribution in [0.1, 0.15) is 16.8 Å². The number of carbonyl (C=O) groups is 2. The number of ether oxygens (including phenoxy) is 2. The second-order valence-corrected chi connectivity index (χ2v) is 8.55. The fourth-order valence-corrected chi connectivity index (χ4v) is 4.71. The summed E-state index contributed by atoms with van der Waals surface area (Å²) in [5.41, 5.74) is 0.749. The monoisotopic (exact) mass is 422 g/mol. The van der Waals surface area contributed by atoms with Gasteiger partial charge < -0.3 is 14.8 Å². The van der Waals surface area contributed by atoms with Crippen LogP contribution in [0.15, 0.2) is 36.4 Å². The molecule has 0 radical (unpaired) electrons. The Hall–Kier alpha value is -2.78. The molecule has 2 aliphatic rings. The molecule has 0 spiro atoms. The van der Waals surface area contributed by atoms with E-state index in [0.29, 0.717) is 30.4 Å². The van der Waals surface area contributed by atoms with Crippen LogP contribution in [-0.4, -0.2) is 39.2 Å². The minimum absolute atomic E-state index is 0.0300. The summed E-state index contributed by atoms with van der Waals surface area (Å²) in [4.78, 5) is 24.4. The molecule has 2 amide bonds. The third kappa shape index (κ3) is 3.38. The van der Waals surface area contributed by atoms with E-state index in [9.17, 15) is 18.0 Å². The number of benzene rings is 2. The molecule has 8 nitrogen and oxygen atoms in total. The first-order valence-corrected chi connectivity index (χ1v) is 10.4. The summed E-state index contributed by atoms with van der Waals surface area (Å²) in [6, 6.07) is 9.06. The van der Waals surface area contributed by atoms with E-state index in [1.54, 1.807) is 18.2 Å². The fourth-order valence-electron chi connectivity index (χ4n) is 3.00. The largest absolute Gasteiger partial charge is 0.486 e. The van der Waals surface area contributed by atoms with Crippen molar-refractivity contribution in [2.24, 2.45) is 0 Å². The predicted octanol–water partition coefficient (Wildman–Crippen LogP) is 2.43. The van der Waals surface area contributed by atoms with E-state index in [-0.39, 0.29) is 28.4 Å². The van der Waals surface area contributed by atoms with Crippen LogP contribution < -0.4 is 19.1 Å². The summed E-state index contributed by atoms with van der Waals surface area (Å²) in [7, 11) is -3.70. The minimum atomic E-state index is -3.70. The van der Waals surface area contributed by atoms with Gasteiger partial charge in [-0.2, -0.15) is 0 Å². The first kappa shape index (κ1) is 18.6. The standard InChI is InChI=1S/C18H15ClN2O6S/c19-14-10-12(21-17(22)5-8-28(21,24)25)2-3-13(14)18(23)20-11-1-4-15-16(9-11)27-7-6-26-15/h1-4,9-10H,5-8H2,(H,20,23). The van der Waals surface area contributed by atoms with Crippen molar-refractivity contribution in [3.8, 4) is 11.5 Å². The SMILES string of the molecule is O=C(Nc1ccc2c(c1)OCCO2)c1ccc(N2C(=O)CCS2(=O)=O)cc1Cl. The molecule has 0 aromatic heterocycles. The summed E-state index contributed by atoms with van der Waals surface area (Å²) in [5.74, 6) is -0.116. The number of nitrogens with zero attached hydrogens (tertiary/aromatic N) is 1. The lowest BCUT2D eigenvalue weighted by atomic mass is 10.1. The molecule has 146 valence electrons. The summed E-state index contributed by atoms with van der Waals surface area (Å²) in [5, 5.41) is 2.74. The summed E-state index contributed by atoms with van der Waals surface area (Å²) < 4.78 is 35.7. The Bertz CT molecular complexity index is 1090. The number of halogens is 1. The van der Waals surface area contributed by atoms with Crippen molar-refractivity contribution >= 4 is 44.8 Å². The van der Waals surface area contributed by atoms with Crippen molar-refractivity contribution in [2.75, 3.05) is 28.6 Å². The molecule has 28 heavy (non-hydrogen) atoms. The molecule has 1 saturated heterocycles. The van der Waals surface area contributed by atoms with Crippen LogP contribution in [0, 0.1) is 0 Å². The quantitative estimate of drug-likeness (QED) is 0.815. The van der Waals surface area contributed by atoms with Gasteiger partial charge >= 0.3 is 0 Å². The average Bonchev–Trinajstić information content (AvgIpc) is 2.94. The zero-order valence-corrected chi connectivity index (χ0v) is 16.0. The van der Waals surface area contributed by atoms with Gasteiger partial charge in [0.2, 0.25) is 15.9 Å². The van der Waals surface area contributed by atoms with Crippen LogP contribution in [0.25, 0.3) is 0 Å². The van der Waals surface area contributed by atoms with E-state index in [2.05, 4.69) is 5.32 Å². The van der Waals surface area contributed by atoms with Gasteiger partial charge in [-0.15, -0.1) is 0 Å². The molecule has 2 heterocycles. The predicted molar refractivity (Wildman–Crippen MR) is 103 cm³/mol. The molecule has 0 atom stereocenters. The fraction of sp³-hybridized carbons (Fsp3) is 0.222. The van der Waals surface area contributed by atoms with Crippen molar-refractivity contribution in [3.63, 3.8) is 0 Å². The van der Waals surface area contributed by atoms with Gasteiger partial charge in [0, 0.05) is 18.2 Å². The molecule has 0 saturated carbocycles. The highest BCUT2D eigenvalue weighted by Gasteiger charge is 2.36.